The lowest BCUT2D eigenvalue weighted by Gasteiger charge is -2.64. The summed E-state index contributed by atoms with van der Waals surface area (Å²) in [5.74, 6) is -3.65. The summed E-state index contributed by atoms with van der Waals surface area (Å²) in [6.07, 6.45) is 7.72. The molecule has 1 aromatic rings. The summed E-state index contributed by atoms with van der Waals surface area (Å²) >= 11 is 7.62. The average molecular weight is 905 g/mol. The molecule has 0 aliphatic heterocycles. The number of halogens is 1. The molecule has 0 saturated heterocycles. The Morgan fingerprint density at radius 2 is 1.63 bits per heavy atom. The molecule has 4 aliphatic carbocycles. The topological polar surface area (TPSA) is 256 Å². The number of ketones is 2. The molecule has 63 heavy (non-hydrogen) atoms. The number of alkyl halides is 1. The second kappa shape index (κ2) is 20.3. The predicted octanol–water partition coefficient (Wildman–Crippen LogP) is 6.26. The monoisotopic (exact) mass is 904 g/mol. The van der Waals surface area contributed by atoms with Crippen LogP contribution in [0.5, 0.6) is 11.5 Å². The number of hydrogen-bond donors (Lipinski definition) is 1. The van der Waals surface area contributed by atoms with Gasteiger partial charge in [0.25, 0.3) is 10.2 Å². The molecule has 8 atom stereocenters. The minimum atomic E-state index is -1.89. The highest BCUT2D eigenvalue weighted by atomic mass is 35.5. The summed E-state index contributed by atoms with van der Waals surface area (Å²) in [5, 5.41) is 31.1. The highest BCUT2D eigenvalue weighted by molar-refractivity contribution is 6.26. The Morgan fingerprint density at radius 3 is 2.32 bits per heavy atom. The smallest absolute Gasteiger partial charge is 0.493 e. The first-order valence-electron chi connectivity index (χ1n) is 20.8. The fourth-order valence-electron chi connectivity index (χ4n) is 10.3. The maximum absolute atomic E-state index is 14.8. The van der Waals surface area contributed by atoms with Crippen molar-refractivity contribution in [1.29, 1.82) is 0 Å². The van der Waals surface area contributed by atoms with Crippen molar-refractivity contribution in [3.8, 4) is 11.5 Å². The van der Waals surface area contributed by atoms with Crippen molar-refractivity contribution in [2.24, 2.45) is 28.6 Å². The quantitative estimate of drug-likeness (QED) is 0.0209. The number of carbonyl (C=O) groups is 5. The number of nitrogens with zero attached hydrogens (tertiary/aromatic N) is 2. The first-order valence-corrected chi connectivity index (χ1v) is 21.2. The molecule has 0 aromatic heterocycles. The molecule has 0 amide bonds. The van der Waals surface area contributed by atoms with Crippen molar-refractivity contribution in [3.63, 3.8) is 0 Å². The molecule has 5 rings (SSSR count). The van der Waals surface area contributed by atoms with E-state index in [1.807, 2.05) is 6.92 Å². The van der Waals surface area contributed by atoms with Gasteiger partial charge < -0.3 is 38.5 Å². The highest BCUT2D eigenvalue weighted by Gasteiger charge is 2.76. The van der Waals surface area contributed by atoms with Gasteiger partial charge in [-0.1, -0.05) is 44.9 Å². The molecule has 4 aliphatic rings. The van der Waals surface area contributed by atoms with E-state index in [0.29, 0.717) is 50.5 Å². The number of unbranched alkanes of at least 4 members (excludes halogenated alkanes) is 3. The molecule has 0 radical (unpaired) electrons. The largest absolute Gasteiger partial charge is 0.514 e. The van der Waals surface area contributed by atoms with Crippen LogP contribution in [0.3, 0.4) is 0 Å². The number of esters is 2. The Labute approximate surface area is 368 Å². The van der Waals surface area contributed by atoms with Crippen LogP contribution in [0.1, 0.15) is 90.5 Å². The molecule has 344 valence electrons. The molecule has 19 nitrogen and oxygen atoms in total. The second-order valence-corrected chi connectivity index (χ2v) is 17.3. The van der Waals surface area contributed by atoms with Crippen molar-refractivity contribution < 1.29 is 72.6 Å². The van der Waals surface area contributed by atoms with E-state index in [1.165, 1.54) is 37.5 Å². The van der Waals surface area contributed by atoms with Crippen molar-refractivity contribution in [1.82, 2.24) is 0 Å². The summed E-state index contributed by atoms with van der Waals surface area (Å²) in [5.41, 5.74) is -2.69. The normalized spacial score (nSPS) is 29.3. The Hall–Kier alpha value is -5.56. The van der Waals surface area contributed by atoms with Crippen molar-refractivity contribution in [2.45, 2.75) is 102 Å². The van der Waals surface area contributed by atoms with Gasteiger partial charge in [0.2, 0.25) is 5.78 Å². The zero-order chi connectivity index (χ0) is 46.2. The van der Waals surface area contributed by atoms with Gasteiger partial charge in [-0.25, -0.2) is 9.59 Å². The number of rotatable bonds is 21. The number of hydrogen-bond acceptors (Lipinski definition) is 17. The SMILES string of the molecule is COc1cc(/C=C/C(=O)OCCCCO[N+](=O)[O-])ccc1OC(=O)OCC(=O)[C@@]1(OC(=O)CCCCCO[N+](=O)[O-])[C@@H](C)CC2C3CCC4=CC(=O)C=C[C@]4(C)[C@@]3(Cl)[C@@H](O)C[C@@]21C. The van der Waals surface area contributed by atoms with E-state index in [4.69, 9.17) is 35.3 Å². The maximum Gasteiger partial charge on any atom is 0.514 e. The van der Waals surface area contributed by atoms with Crippen LogP contribution in [-0.4, -0.2) is 95.1 Å². The van der Waals surface area contributed by atoms with Crippen LogP contribution in [-0.2, 0) is 43.1 Å². The van der Waals surface area contributed by atoms with Crippen LogP contribution in [0.4, 0.5) is 4.79 Å². The number of benzene rings is 1. The fourth-order valence-corrected chi connectivity index (χ4v) is 10.8. The van der Waals surface area contributed by atoms with Gasteiger partial charge in [0, 0.05) is 29.2 Å². The Bertz CT molecular complexity index is 2040. The fraction of sp³-hybridized carbons (Fsp3) is 0.605. The van der Waals surface area contributed by atoms with Gasteiger partial charge in [-0.2, -0.15) is 0 Å². The third-order valence-corrected chi connectivity index (χ3v) is 14.1. The molecule has 2 unspecified atom stereocenters. The molecule has 20 heteroatoms. The Kier molecular flexibility index (Phi) is 15.6. The molecular weight excluding hydrogens is 852 g/mol. The third-order valence-electron chi connectivity index (χ3n) is 13.2. The van der Waals surface area contributed by atoms with E-state index in [9.17, 15) is 49.3 Å². The van der Waals surface area contributed by atoms with Crippen LogP contribution >= 0.6 is 11.6 Å². The van der Waals surface area contributed by atoms with E-state index < -0.39 is 74.0 Å². The zero-order valence-corrected chi connectivity index (χ0v) is 36.3. The van der Waals surface area contributed by atoms with Gasteiger partial charge in [0.05, 0.1) is 37.9 Å². The lowest BCUT2D eigenvalue weighted by molar-refractivity contribution is -0.757. The number of allylic oxidation sites excluding steroid dienone is 4. The molecule has 3 saturated carbocycles. The second-order valence-electron chi connectivity index (χ2n) is 16.7. The Morgan fingerprint density at radius 1 is 0.952 bits per heavy atom. The Balaban J connectivity index is 1.31. The number of methoxy groups -OCH3 is 1. The van der Waals surface area contributed by atoms with Crippen LogP contribution in [0.25, 0.3) is 6.08 Å². The third kappa shape index (κ3) is 10.1. The number of aliphatic hydroxyl groups is 1. The van der Waals surface area contributed by atoms with E-state index in [0.717, 1.165) is 11.6 Å². The number of Topliss-reactive ketones (excluding diaryl/α,β-unsaturated/α-hetero) is 1. The minimum absolute atomic E-state index is 0.0232. The first-order chi connectivity index (χ1) is 29.8. The molecule has 0 heterocycles. The van der Waals surface area contributed by atoms with Crippen LogP contribution < -0.4 is 9.47 Å². The van der Waals surface area contributed by atoms with Crippen LogP contribution in [0.15, 0.2) is 48.1 Å². The molecule has 0 spiro atoms. The molecule has 3 fully saturated rings. The van der Waals surface area contributed by atoms with Crippen molar-refractivity contribution in [2.75, 3.05) is 33.5 Å². The van der Waals surface area contributed by atoms with E-state index >= 15 is 0 Å². The number of ether oxygens (including phenoxy) is 5. The summed E-state index contributed by atoms with van der Waals surface area (Å²) in [7, 11) is 1.32. The van der Waals surface area contributed by atoms with Crippen molar-refractivity contribution >= 4 is 47.3 Å². The van der Waals surface area contributed by atoms with E-state index in [1.54, 1.807) is 26.0 Å². The van der Waals surface area contributed by atoms with E-state index in [-0.39, 0.29) is 68.2 Å². The summed E-state index contributed by atoms with van der Waals surface area (Å²) in [6.45, 7) is 4.37. The van der Waals surface area contributed by atoms with Crippen LogP contribution in [0.2, 0.25) is 0 Å². The highest BCUT2D eigenvalue weighted by Crippen LogP contribution is 2.72. The minimum Gasteiger partial charge on any atom is -0.493 e. The van der Waals surface area contributed by atoms with Gasteiger partial charge in [-0.15, -0.1) is 31.8 Å². The predicted molar refractivity (Wildman–Crippen MR) is 220 cm³/mol. The maximum atomic E-state index is 14.8. The van der Waals surface area contributed by atoms with Gasteiger partial charge in [-0.05, 0) is 99.1 Å². The lowest BCUT2D eigenvalue weighted by Crippen LogP contribution is -2.69. The standard InChI is InChI=1S/C43H53ClN2O17/c1-27-22-32-31-14-13-29-24-30(47)17-18-40(29,2)42(31,44)35(48)25-41(32,3)43(27,63-38(51)10-6-5-7-20-60-45(53)54)36(49)26-59-39(52)62-33-15-11-28(23-34(33)57-4)12-16-37(50)58-19-8-9-21-61-46(55)56/h11-12,15-18,23-24,27,31-32,35,48H,5-10,13-14,19-22,25-26H2,1-4H3/b16-12+/t27-,31?,32?,35-,40-,41-,42-,43-/m0/s1. The molecule has 0 bridgehead atoms. The molecule has 1 aromatic carbocycles. The number of fused-ring (bicyclic) bond motifs is 5. The van der Waals surface area contributed by atoms with Gasteiger partial charge in [0.1, 0.15) is 0 Å². The van der Waals surface area contributed by atoms with Gasteiger partial charge >= 0.3 is 18.1 Å². The average Bonchev–Trinajstić information content (AvgIpc) is 3.44. The zero-order valence-electron chi connectivity index (χ0n) is 35.6. The lowest BCUT2D eigenvalue weighted by atomic mass is 9.45. The van der Waals surface area contributed by atoms with Gasteiger partial charge in [-0.3, -0.25) is 14.4 Å². The number of aliphatic hydroxyl groups excluding tert-OH is 1. The first kappa shape index (κ1) is 48.5. The summed E-state index contributed by atoms with van der Waals surface area (Å²) in [4.78, 5) is 94.2. The van der Waals surface area contributed by atoms with Crippen molar-refractivity contribution in [3.05, 3.63) is 73.9 Å². The van der Waals surface area contributed by atoms with Gasteiger partial charge in [0.15, 0.2) is 29.5 Å². The summed E-state index contributed by atoms with van der Waals surface area (Å²) < 4.78 is 27.6. The number of carbonyl (C=O) groups excluding carboxylic acids is 5. The summed E-state index contributed by atoms with van der Waals surface area (Å²) in [6, 6.07) is 4.36. The van der Waals surface area contributed by atoms with Crippen LogP contribution in [0, 0.1) is 48.8 Å². The molecular formula is C43H53ClN2O17. The van der Waals surface area contributed by atoms with E-state index in [2.05, 4.69) is 9.68 Å². The molecule has 1 N–H and O–H groups in total.